The zero-order valence-corrected chi connectivity index (χ0v) is 17.4. The average Bonchev–Trinajstić information content (AvgIpc) is 3.08. The van der Waals surface area contributed by atoms with Crippen LogP contribution in [0.3, 0.4) is 0 Å². The normalized spacial score (nSPS) is 14.6. The number of benzene rings is 2. The van der Waals surface area contributed by atoms with Crippen LogP contribution < -0.4 is 15.6 Å². The number of para-hydroxylation sites is 1. The lowest BCUT2D eigenvalue weighted by Crippen LogP contribution is -2.22. The van der Waals surface area contributed by atoms with Crippen LogP contribution in [-0.4, -0.2) is 24.8 Å². The molecule has 1 aliphatic rings. The minimum Gasteiger partial charge on any atom is -0.453 e. The monoisotopic (exact) mass is 406 g/mol. The molecule has 0 spiro atoms. The van der Waals surface area contributed by atoms with Gasteiger partial charge in [-0.15, -0.1) is 0 Å². The Morgan fingerprint density at radius 2 is 1.97 bits per heavy atom. The summed E-state index contributed by atoms with van der Waals surface area (Å²) in [7, 11) is 1.30. The number of carbonyl (C=O) groups excluding carboxylic acids is 2. The number of carbonyl (C=O) groups is 2. The first-order valence-electron chi connectivity index (χ1n) is 9.99. The molecule has 7 nitrogen and oxygen atoms in total. The molecule has 30 heavy (non-hydrogen) atoms. The number of hydrazone groups is 1. The largest absolute Gasteiger partial charge is 0.453 e. The molecule has 2 aromatic carbocycles. The molecule has 0 radical (unpaired) electrons. The first kappa shape index (κ1) is 21.1. The van der Waals surface area contributed by atoms with Crippen LogP contribution in [0.4, 0.5) is 21.9 Å². The van der Waals surface area contributed by atoms with Gasteiger partial charge in [-0.05, 0) is 42.7 Å². The van der Waals surface area contributed by atoms with E-state index >= 15 is 0 Å². The van der Waals surface area contributed by atoms with Crippen LogP contribution in [0.2, 0.25) is 0 Å². The molecule has 2 amide bonds. The van der Waals surface area contributed by atoms with Crippen molar-refractivity contribution in [2.24, 2.45) is 5.10 Å². The van der Waals surface area contributed by atoms with Gasteiger partial charge in [-0.3, -0.25) is 10.1 Å². The zero-order chi connectivity index (χ0) is 21.5. The summed E-state index contributed by atoms with van der Waals surface area (Å²) in [5, 5.41) is 11.8. The Balaban J connectivity index is 1.88. The van der Waals surface area contributed by atoms with Crippen LogP contribution in [0.5, 0.6) is 0 Å². The van der Waals surface area contributed by atoms with Gasteiger partial charge in [0.25, 0.3) is 5.91 Å². The van der Waals surface area contributed by atoms with Crippen molar-refractivity contribution < 1.29 is 14.3 Å². The summed E-state index contributed by atoms with van der Waals surface area (Å²) in [6, 6.07) is 14.9. The Hall–Kier alpha value is -3.61. The quantitative estimate of drug-likeness (QED) is 0.639. The molecule has 0 atom stereocenters. The van der Waals surface area contributed by atoms with Crippen LogP contribution in [0.25, 0.3) is 0 Å². The van der Waals surface area contributed by atoms with Gasteiger partial charge in [0, 0.05) is 17.6 Å². The van der Waals surface area contributed by atoms with Gasteiger partial charge in [-0.2, -0.15) is 10.1 Å². The Kier molecular flexibility index (Phi) is 6.85. The van der Waals surface area contributed by atoms with Crippen molar-refractivity contribution in [3.05, 3.63) is 65.9 Å². The Bertz CT molecular complexity index is 997. The maximum absolute atomic E-state index is 13.1. The third kappa shape index (κ3) is 4.68. The molecule has 0 bridgehead atoms. The molecule has 156 valence electrons. The van der Waals surface area contributed by atoms with Gasteiger partial charge in [0.1, 0.15) is 0 Å². The predicted molar refractivity (Wildman–Crippen MR) is 120 cm³/mol. The number of rotatable bonds is 7. The highest BCUT2D eigenvalue weighted by Crippen LogP contribution is 2.28. The van der Waals surface area contributed by atoms with Crippen molar-refractivity contribution in [2.45, 2.75) is 33.1 Å². The number of hydrogen-bond donors (Lipinski definition) is 2. The van der Waals surface area contributed by atoms with Gasteiger partial charge in [0.05, 0.1) is 24.1 Å². The second-order valence-corrected chi connectivity index (χ2v) is 6.79. The van der Waals surface area contributed by atoms with E-state index in [9.17, 15) is 9.59 Å². The lowest BCUT2D eigenvalue weighted by molar-refractivity contribution is -0.114. The highest BCUT2D eigenvalue weighted by molar-refractivity contribution is 6.30. The molecule has 0 aromatic heterocycles. The molecule has 0 aliphatic carbocycles. The van der Waals surface area contributed by atoms with Gasteiger partial charge in [0.2, 0.25) is 0 Å². The molecule has 1 aliphatic heterocycles. The molecule has 0 saturated heterocycles. The van der Waals surface area contributed by atoms with Gasteiger partial charge < -0.3 is 10.1 Å². The minimum atomic E-state index is -0.575. The number of amides is 2. The van der Waals surface area contributed by atoms with Crippen LogP contribution in [-0.2, 0) is 16.0 Å². The molecule has 0 saturated carbocycles. The summed E-state index contributed by atoms with van der Waals surface area (Å²) in [6.07, 6.45) is 3.61. The predicted octanol–water partition coefficient (Wildman–Crippen LogP) is 4.93. The fraction of sp³-hybridized carbons (Fsp3) is 0.261. The average molecular weight is 406 g/mol. The lowest BCUT2D eigenvalue weighted by Gasteiger charge is -2.13. The van der Waals surface area contributed by atoms with E-state index in [4.69, 9.17) is 0 Å². The second kappa shape index (κ2) is 9.73. The van der Waals surface area contributed by atoms with Crippen LogP contribution in [0, 0.1) is 0 Å². The fourth-order valence-corrected chi connectivity index (χ4v) is 3.20. The van der Waals surface area contributed by atoms with Crippen molar-refractivity contribution in [2.75, 3.05) is 22.8 Å². The van der Waals surface area contributed by atoms with Crippen LogP contribution >= 0.6 is 0 Å². The smallest absolute Gasteiger partial charge is 0.411 e. The number of hydrogen-bond acceptors (Lipinski definition) is 5. The standard InChI is InChI=1S/C23H26N4O3/c1-4-9-21-19(15-24-20-13-7-6-10-16(20)5-2)22(28)27(26-21)18-12-8-11-17(14-18)25-23(29)30-3/h6-8,10-15,24H,4-5,9H2,1-3H3,(H,25,29)/b19-15+. The first-order valence-corrected chi connectivity index (χ1v) is 9.99. The summed E-state index contributed by atoms with van der Waals surface area (Å²) in [5.74, 6) is -0.213. The van der Waals surface area contributed by atoms with E-state index in [0.29, 0.717) is 23.4 Å². The van der Waals surface area contributed by atoms with E-state index in [2.05, 4.69) is 33.5 Å². The van der Waals surface area contributed by atoms with Crippen molar-refractivity contribution in [1.82, 2.24) is 0 Å². The molecular formula is C23H26N4O3. The van der Waals surface area contributed by atoms with Gasteiger partial charge >= 0.3 is 6.09 Å². The van der Waals surface area contributed by atoms with Crippen molar-refractivity contribution in [1.29, 1.82) is 0 Å². The SMILES string of the molecule is CCCC1=NN(c2cccc(NC(=O)OC)c2)C(=O)/C1=C/Nc1ccccc1CC. The summed E-state index contributed by atoms with van der Waals surface area (Å²) in [4.78, 5) is 24.6. The summed E-state index contributed by atoms with van der Waals surface area (Å²) >= 11 is 0. The number of aryl methyl sites for hydroxylation is 1. The van der Waals surface area contributed by atoms with E-state index in [1.165, 1.54) is 17.7 Å². The third-order valence-corrected chi connectivity index (χ3v) is 4.73. The molecule has 7 heteroatoms. The third-order valence-electron chi connectivity index (χ3n) is 4.73. The Morgan fingerprint density at radius 1 is 1.17 bits per heavy atom. The summed E-state index contributed by atoms with van der Waals surface area (Å²) in [6.45, 7) is 4.14. The minimum absolute atomic E-state index is 0.213. The number of nitrogens with zero attached hydrogens (tertiary/aromatic N) is 2. The number of methoxy groups -OCH3 is 1. The lowest BCUT2D eigenvalue weighted by atomic mass is 10.1. The van der Waals surface area contributed by atoms with Gasteiger partial charge in [0.15, 0.2) is 0 Å². The highest BCUT2D eigenvalue weighted by Gasteiger charge is 2.30. The molecule has 1 heterocycles. The molecule has 3 rings (SSSR count). The molecule has 2 aromatic rings. The maximum Gasteiger partial charge on any atom is 0.411 e. The second-order valence-electron chi connectivity index (χ2n) is 6.79. The Labute approximate surface area is 176 Å². The fourth-order valence-electron chi connectivity index (χ4n) is 3.20. The van der Waals surface area contributed by atoms with Gasteiger partial charge in [-0.1, -0.05) is 44.5 Å². The van der Waals surface area contributed by atoms with Crippen LogP contribution in [0.15, 0.2) is 65.4 Å². The molecular weight excluding hydrogens is 380 g/mol. The van der Waals surface area contributed by atoms with E-state index in [-0.39, 0.29) is 5.91 Å². The topological polar surface area (TPSA) is 83.0 Å². The van der Waals surface area contributed by atoms with Crippen molar-refractivity contribution >= 4 is 34.8 Å². The number of anilines is 3. The summed E-state index contributed by atoms with van der Waals surface area (Å²) < 4.78 is 4.62. The van der Waals surface area contributed by atoms with E-state index in [0.717, 1.165) is 24.2 Å². The molecule has 0 unspecified atom stereocenters. The van der Waals surface area contributed by atoms with Crippen molar-refractivity contribution in [3.8, 4) is 0 Å². The summed E-state index contributed by atoms with van der Waals surface area (Å²) in [5.41, 5.74) is 4.50. The number of ether oxygens (including phenoxy) is 1. The van der Waals surface area contributed by atoms with E-state index in [1.807, 2.05) is 25.1 Å². The van der Waals surface area contributed by atoms with Gasteiger partial charge in [-0.25, -0.2) is 4.79 Å². The Morgan fingerprint density at radius 3 is 2.70 bits per heavy atom. The first-order chi connectivity index (χ1) is 14.6. The number of nitrogens with one attached hydrogen (secondary N) is 2. The highest BCUT2D eigenvalue weighted by atomic mass is 16.5. The van der Waals surface area contributed by atoms with E-state index in [1.54, 1.807) is 30.5 Å². The molecule has 0 fully saturated rings. The maximum atomic E-state index is 13.1. The van der Waals surface area contributed by atoms with E-state index < -0.39 is 6.09 Å². The zero-order valence-electron chi connectivity index (χ0n) is 17.4. The molecule has 2 N–H and O–H groups in total. The van der Waals surface area contributed by atoms with Crippen molar-refractivity contribution in [3.63, 3.8) is 0 Å². The van der Waals surface area contributed by atoms with Crippen LogP contribution in [0.1, 0.15) is 32.3 Å².